The molecule has 0 spiro atoms. The number of hydrogen-bond acceptors (Lipinski definition) is 5. The van der Waals surface area contributed by atoms with Gasteiger partial charge in [0.05, 0.1) is 12.9 Å². The Kier molecular flexibility index (Phi) is 7.22. The van der Waals surface area contributed by atoms with Crippen LogP contribution in [-0.4, -0.2) is 51.5 Å². The number of aromatic nitrogens is 2. The maximum atomic E-state index is 11.1. The lowest BCUT2D eigenvalue weighted by Gasteiger charge is -2.39. The summed E-state index contributed by atoms with van der Waals surface area (Å²) in [5, 5.41) is 11.1. The quantitative estimate of drug-likeness (QED) is 0.505. The summed E-state index contributed by atoms with van der Waals surface area (Å²) in [6, 6.07) is 17.9. The van der Waals surface area contributed by atoms with E-state index in [1.165, 1.54) is 5.56 Å². The molecule has 31 heavy (non-hydrogen) atoms. The highest BCUT2D eigenvalue weighted by atomic mass is 16.5. The van der Waals surface area contributed by atoms with Crippen molar-refractivity contribution < 1.29 is 14.6 Å². The summed E-state index contributed by atoms with van der Waals surface area (Å²) in [5.41, 5.74) is 0.371. The average Bonchev–Trinajstić information content (AvgIpc) is 3.30. The van der Waals surface area contributed by atoms with Crippen molar-refractivity contribution >= 4 is 0 Å². The summed E-state index contributed by atoms with van der Waals surface area (Å²) in [7, 11) is 0. The summed E-state index contributed by atoms with van der Waals surface area (Å²) in [4.78, 5) is 6.36. The molecule has 1 aliphatic rings. The number of β-amino-alcohol motifs (C(OH)–C–C–N with tert-alkyl or cyclic N) is 1. The van der Waals surface area contributed by atoms with Gasteiger partial charge in [0.25, 0.3) is 0 Å². The molecule has 0 unspecified atom stereocenters. The monoisotopic (exact) mass is 421 g/mol. The largest absolute Gasteiger partial charge is 0.494 e. The second-order valence-corrected chi connectivity index (χ2v) is 8.29. The smallest absolute Gasteiger partial charge is 0.119 e. The zero-order chi connectivity index (χ0) is 21.4. The van der Waals surface area contributed by atoms with Crippen LogP contribution in [0.1, 0.15) is 24.8 Å². The van der Waals surface area contributed by atoms with Crippen LogP contribution in [0.5, 0.6) is 11.5 Å². The van der Waals surface area contributed by atoms with Crippen LogP contribution in [0.2, 0.25) is 0 Å². The first-order valence-electron chi connectivity index (χ1n) is 11.0. The Balaban J connectivity index is 1.25. The molecule has 1 fully saturated rings. The van der Waals surface area contributed by atoms with Crippen LogP contribution in [0.4, 0.5) is 0 Å². The van der Waals surface area contributed by atoms with E-state index in [-0.39, 0.29) is 0 Å². The van der Waals surface area contributed by atoms with Crippen molar-refractivity contribution in [3.05, 3.63) is 78.9 Å². The molecular weight excluding hydrogens is 390 g/mol. The first kappa shape index (κ1) is 21.4. The fourth-order valence-corrected chi connectivity index (χ4v) is 4.04. The molecule has 1 saturated heterocycles. The topological polar surface area (TPSA) is 59.8 Å². The van der Waals surface area contributed by atoms with Crippen molar-refractivity contribution in [2.75, 3.05) is 26.3 Å². The number of nitrogens with zero attached hydrogens (tertiary/aromatic N) is 3. The fourth-order valence-electron chi connectivity index (χ4n) is 4.04. The summed E-state index contributed by atoms with van der Waals surface area (Å²) in [6.07, 6.45) is 8.23. The average molecular weight is 422 g/mol. The Morgan fingerprint density at radius 2 is 1.90 bits per heavy atom. The SMILES string of the molecule is O[C@]1(COc2ccccc2)CCCN(Cc2cccc(OCCCn3ccnc3)c2)C1. The van der Waals surface area contributed by atoms with E-state index in [9.17, 15) is 5.11 Å². The van der Waals surface area contributed by atoms with Crippen molar-refractivity contribution in [2.45, 2.75) is 38.0 Å². The van der Waals surface area contributed by atoms with Gasteiger partial charge in [0.2, 0.25) is 0 Å². The van der Waals surface area contributed by atoms with E-state index in [4.69, 9.17) is 9.47 Å². The van der Waals surface area contributed by atoms with Gasteiger partial charge < -0.3 is 19.1 Å². The van der Waals surface area contributed by atoms with E-state index in [0.717, 1.165) is 50.4 Å². The summed E-state index contributed by atoms with van der Waals surface area (Å²) in [5.74, 6) is 1.69. The number of hydrogen-bond donors (Lipinski definition) is 1. The van der Waals surface area contributed by atoms with Gasteiger partial charge in [-0.25, -0.2) is 4.98 Å². The lowest BCUT2D eigenvalue weighted by Crippen LogP contribution is -2.51. The van der Waals surface area contributed by atoms with Crippen molar-refractivity contribution in [3.63, 3.8) is 0 Å². The number of para-hydroxylation sites is 1. The van der Waals surface area contributed by atoms with Gasteiger partial charge in [0.1, 0.15) is 23.7 Å². The van der Waals surface area contributed by atoms with Gasteiger partial charge in [-0.2, -0.15) is 0 Å². The molecule has 3 aromatic rings. The number of rotatable bonds is 10. The molecule has 164 valence electrons. The lowest BCUT2D eigenvalue weighted by molar-refractivity contribution is -0.0621. The van der Waals surface area contributed by atoms with Crippen LogP contribution in [-0.2, 0) is 13.1 Å². The number of piperidine rings is 1. The molecule has 0 bridgehead atoms. The molecule has 1 N–H and O–H groups in total. The summed E-state index contributed by atoms with van der Waals surface area (Å²) in [6.45, 7) is 4.26. The highest BCUT2D eigenvalue weighted by Crippen LogP contribution is 2.25. The third-order valence-corrected chi connectivity index (χ3v) is 5.58. The maximum Gasteiger partial charge on any atom is 0.119 e. The van der Waals surface area contributed by atoms with Gasteiger partial charge in [0, 0.05) is 32.0 Å². The normalized spacial score (nSPS) is 19.3. The number of benzene rings is 2. The predicted octanol–water partition coefficient (Wildman–Crippen LogP) is 3.76. The Hall–Kier alpha value is -2.83. The maximum absolute atomic E-state index is 11.1. The fraction of sp³-hybridized carbons (Fsp3) is 0.400. The van der Waals surface area contributed by atoms with Gasteiger partial charge in [0.15, 0.2) is 0 Å². The number of imidazole rings is 1. The zero-order valence-corrected chi connectivity index (χ0v) is 17.9. The van der Waals surface area contributed by atoms with E-state index in [1.54, 1.807) is 6.20 Å². The van der Waals surface area contributed by atoms with Crippen LogP contribution in [0, 0.1) is 0 Å². The van der Waals surface area contributed by atoms with Crippen LogP contribution in [0.15, 0.2) is 73.3 Å². The van der Waals surface area contributed by atoms with Gasteiger partial charge in [-0.05, 0) is 55.6 Å². The van der Waals surface area contributed by atoms with Crippen molar-refractivity contribution in [1.82, 2.24) is 14.5 Å². The van der Waals surface area contributed by atoms with Gasteiger partial charge in [-0.3, -0.25) is 4.90 Å². The minimum Gasteiger partial charge on any atom is -0.494 e. The first-order valence-corrected chi connectivity index (χ1v) is 11.0. The van der Waals surface area contributed by atoms with Crippen LogP contribution in [0.3, 0.4) is 0 Å². The minimum atomic E-state index is -0.824. The molecule has 4 rings (SSSR count). The van der Waals surface area contributed by atoms with Gasteiger partial charge in [-0.15, -0.1) is 0 Å². The third kappa shape index (κ3) is 6.57. The number of aryl methyl sites for hydroxylation is 1. The molecule has 0 amide bonds. The van der Waals surface area contributed by atoms with Crippen molar-refractivity contribution in [1.29, 1.82) is 0 Å². The van der Waals surface area contributed by atoms with E-state index >= 15 is 0 Å². The van der Waals surface area contributed by atoms with E-state index in [0.29, 0.717) is 19.8 Å². The Bertz CT molecular complexity index is 917. The van der Waals surface area contributed by atoms with E-state index in [2.05, 4.69) is 26.6 Å². The molecule has 0 radical (unpaired) electrons. The molecule has 6 nitrogen and oxygen atoms in total. The Morgan fingerprint density at radius 1 is 1.03 bits per heavy atom. The number of ether oxygens (including phenoxy) is 2. The molecule has 6 heteroatoms. The second-order valence-electron chi connectivity index (χ2n) is 8.29. The zero-order valence-electron chi connectivity index (χ0n) is 17.9. The van der Waals surface area contributed by atoms with Crippen molar-refractivity contribution in [2.24, 2.45) is 0 Å². The second kappa shape index (κ2) is 10.5. The summed E-state index contributed by atoms with van der Waals surface area (Å²) < 4.78 is 13.8. The Labute approximate surface area is 184 Å². The van der Waals surface area contributed by atoms with Crippen LogP contribution < -0.4 is 9.47 Å². The molecule has 0 saturated carbocycles. The molecule has 1 atom stereocenters. The number of likely N-dealkylation sites (tertiary alicyclic amines) is 1. The van der Waals surface area contributed by atoms with Crippen LogP contribution in [0.25, 0.3) is 0 Å². The molecule has 2 heterocycles. The predicted molar refractivity (Wildman–Crippen MR) is 120 cm³/mol. The third-order valence-electron chi connectivity index (χ3n) is 5.58. The minimum absolute atomic E-state index is 0.313. The number of aliphatic hydroxyl groups is 1. The van der Waals surface area contributed by atoms with Gasteiger partial charge >= 0.3 is 0 Å². The molecule has 0 aliphatic carbocycles. The highest BCUT2D eigenvalue weighted by molar-refractivity contribution is 5.28. The lowest BCUT2D eigenvalue weighted by atomic mass is 9.93. The van der Waals surface area contributed by atoms with Gasteiger partial charge in [-0.1, -0.05) is 30.3 Å². The van der Waals surface area contributed by atoms with E-state index in [1.807, 2.05) is 55.0 Å². The van der Waals surface area contributed by atoms with Crippen molar-refractivity contribution in [3.8, 4) is 11.5 Å². The molecular formula is C25H31N3O3. The molecule has 1 aliphatic heterocycles. The molecule has 1 aromatic heterocycles. The van der Waals surface area contributed by atoms with E-state index < -0.39 is 5.60 Å². The standard InChI is InChI=1S/C25H31N3O3/c29-25(20-31-23-8-2-1-3-9-23)11-5-13-28(19-25)18-22-7-4-10-24(17-22)30-16-6-14-27-15-12-26-21-27/h1-4,7-10,12,15,17,21,29H,5-6,11,13-14,16,18-20H2/t25-/m1/s1. The molecule has 2 aromatic carbocycles. The van der Waals surface area contributed by atoms with Crippen LogP contribution >= 0.6 is 0 Å². The summed E-state index contributed by atoms with van der Waals surface area (Å²) >= 11 is 0. The highest BCUT2D eigenvalue weighted by Gasteiger charge is 2.34. The Morgan fingerprint density at radius 3 is 2.74 bits per heavy atom. The first-order chi connectivity index (χ1) is 15.2.